The van der Waals surface area contributed by atoms with Crippen molar-refractivity contribution in [3.05, 3.63) is 48.2 Å². The summed E-state index contributed by atoms with van der Waals surface area (Å²) in [5.74, 6) is 0.124. The maximum absolute atomic E-state index is 11.7. The average molecular weight is 232 g/mol. The monoisotopic (exact) mass is 232 g/mol. The van der Waals surface area contributed by atoms with Gasteiger partial charge in [0.25, 0.3) is 0 Å². The number of ether oxygens (including phenoxy) is 2. The lowest BCUT2D eigenvalue weighted by Crippen LogP contribution is -2.10. The van der Waals surface area contributed by atoms with Crippen LogP contribution in [-0.4, -0.2) is 18.7 Å². The Morgan fingerprint density at radius 3 is 2.82 bits per heavy atom. The van der Waals surface area contributed by atoms with Crippen molar-refractivity contribution < 1.29 is 14.3 Å². The van der Waals surface area contributed by atoms with Gasteiger partial charge < -0.3 is 9.47 Å². The number of carbonyl (C=O) groups excluding carboxylic acids is 1. The molecule has 2 rings (SSSR count). The van der Waals surface area contributed by atoms with Gasteiger partial charge in [-0.2, -0.15) is 0 Å². The zero-order valence-corrected chi connectivity index (χ0v) is 9.72. The lowest BCUT2D eigenvalue weighted by Gasteiger charge is -2.11. The first-order valence-corrected chi connectivity index (χ1v) is 5.82. The molecule has 1 aromatic carbocycles. The molecule has 3 heteroatoms. The Kier molecular flexibility index (Phi) is 3.94. The van der Waals surface area contributed by atoms with Crippen LogP contribution in [0.15, 0.2) is 42.7 Å². The van der Waals surface area contributed by atoms with Crippen LogP contribution < -0.4 is 0 Å². The van der Waals surface area contributed by atoms with Crippen LogP contribution in [0.1, 0.15) is 29.6 Å². The Bertz CT molecular complexity index is 391. The van der Waals surface area contributed by atoms with Crippen molar-refractivity contribution in [3.8, 4) is 0 Å². The largest absolute Gasteiger partial charge is 0.428 e. The van der Waals surface area contributed by atoms with Crippen molar-refractivity contribution in [2.75, 3.05) is 6.61 Å². The molecule has 1 atom stereocenters. The SMILES string of the molecule is C=C(CC1CCCO1)OC(=O)c1ccccc1. The molecule has 17 heavy (non-hydrogen) atoms. The molecule has 1 aromatic rings. The van der Waals surface area contributed by atoms with Crippen LogP contribution in [-0.2, 0) is 9.47 Å². The second-order valence-corrected chi connectivity index (χ2v) is 4.13. The Labute approximate surface area is 101 Å². The Balaban J connectivity index is 1.84. The van der Waals surface area contributed by atoms with E-state index >= 15 is 0 Å². The fourth-order valence-corrected chi connectivity index (χ4v) is 1.87. The maximum Gasteiger partial charge on any atom is 0.343 e. The molecule has 1 aliphatic heterocycles. The number of hydrogen-bond donors (Lipinski definition) is 0. The zero-order valence-electron chi connectivity index (χ0n) is 9.72. The van der Waals surface area contributed by atoms with E-state index in [-0.39, 0.29) is 12.1 Å². The molecule has 1 aliphatic rings. The van der Waals surface area contributed by atoms with E-state index in [1.54, 1.807) is 24.3 Å². The standard InChI is InChI=1S/C14H16O3/c1-11(10-13-8-5-9-16-13)17-14(15)12-6-3-2-4-7-12/h2-4,6-7,13H,1,5,8-10H2. The Morgan fingerprint density at radius 1 is 1.41 bits per heavy atom. The first-order valence-electron chi connectivity index (χ1n) is 5.82. The van der Waals surface area contributed by atoms with E-state index in [2.05, 4.69) is 6.58 Å². The van der Waals surface area contributed by atoms with E-state index in [0.29, 0.717) is 17.7 Å². The molecule has 0 bridgehead atoms. The van der Waals surface area contributed by atoms with Gasteiger partial charge in [-0.15, -0.1) is 0 Å². The van der Waals surface area contributed by atoms with Gasteiger partial charge in [-0.3, -0.25) is 0 Å². The number of benzene rings is 1. The summed E-state index contributed by atoms with van der Waals surface area (Å²) in [6.45, 7) is 4.56. The zero-order chi connectivity index (χ0) is 12.1. The van der Waals surface area contributed by atoms with Gasteiger partial charge >= 0.3 is 5.97 Å². The molecule has 1 heterocycles. The summed E-state index contributed by atoms with van der Waals surface area (Å²) in [5.41, 5.74) is 0.543. The second kappa shape index (κ2) is 5.64. The smallest absolute Gasteiger partial charge is 0.343 e. The van der Waals surface area contributed by atoms with Crippen molar-refractivity contribution in [1.29, 1.82) is 0 Å². The molecule has 0 amide bonds. The molecular weight excluding hydrogens is 216 g/mol. The van der Waals surface area contributed by atoms with Gasteiger partial charge in [0.05, 0.1) is 11.7 Å². The quantitative estimate of drug-likeness (QED) is 0.591. The van der Waals surface area contributed by atoms with Crippen LogP contribution in [0, 0.1) is 0 Å². The van der Waals surface area contributed by atoms with Crippen molar-refractivity contribution in [2.45, 2.75) is 25.4 Å². The van der Waals surface area contributed by atoms with E-state index in [9.17, 15) is 4.79 Å². The van der Waals surface area contributed by atoms with Gasteiger partial charge in [-0.05, 0) is 25.0 Å². The topological polar surface area (TPSA) is 35.5 Å². The second-order valence-electron chi connectivity index (χ2n) is 4.13. The normalized spacial score (nSPS) is 18.9. The predicted molar refractivity (Wildman–Crippen MR) is 64.6 cm³/mol. The Morgan fingerprint density at radius 2 is 2.18 bits per heavy atom. The summed E-state index contributed by atoms with van der Waals surface area (Å²) in [6.07, 6.45) is 2.84. The first-order chi connectivity index (χ1) is 8.25. The van der Waals surface area contributed by atoms with E-state index < -0.39 is 0 Å². The minimum absolute atomic E-state index is 0.158. The summed E-state index contributed by atoms with van der Waals surface area (Å²) in [6, 6.07) is 8.92. The van der Waals surface area contributed by atoms with Crippen LogP contribution >= 0.6 is 0 Å². The third kappa shape index (κ3) is 3.43. The summed E-state index contributed by atoms with van der Waals surface area (Å²) >= 11 is 0. The molecule has 1 unspecified atom stereocenters. The van der Waals surface area contributed by atoms with E-state index in [1.807, 2.05) is 6.07 Å². The molecular formula is C14H16O3. The van der Waals surface area contributed by atoms with Gasteiger partial charge in [-0.25, -0.2) is 4.79 Å². The van der Waals surface area contributed by atoms with Crippen LogP contribution in [0.25, 0.3) is 0 Å². The van der Waals surface area contributed by atoms with E-state index in [0.717, 1.165) is 19.4 Å². The molecule has 0 saturated carbocycles. The fraction of sp³-hybridized carbons (Fsp3) is 0.357. The van der Waals surface area contributed by atoms with Crippen LogP contribution in [0.3, 0.4) is 0 Å². The van der Waals surface area contributed by atoms with Crippen molar-refractivity contribution in [2.24, 2.45) is 0 Å². The highest BCUT2D eigenvalue weighted by Crippen LogP contribution is 2.20. The number of rotatable bonds is 4. The third-order valence-corrected chi connectivity index (χ3v) is 2.73. The molecule has 0 aliphatic carbocycles. The highest BCUT2D eigenvalue weighted by Gasteiger charge is 2.18. The highest BCUT2D eigenvalue weighted by molar-refractivity contribution is 5.89. The number of esters is 1. The van der Waals surface area contributed by atoms with Gasteiger partial charge in [0, 0.05) is 13.0 Å². The van der Waals surface area contributed by atoms with Crippen molar-refractivity contribution in [3.63, 3.8) is 0 Å². The van der Waals surface area contributed by atoms with Crippen LogP contribution in [0.4, 0.5) is 0 Å². The summed E-state index contributed by atoms with van der Waals surface area (Å²) in [4.78, 5) is 11.7. The molecule has 0 spiro atoms. The predicted octanol–water partition coefficient (Wildman–Crippen LogP) is 2.93. The molecule has 90 valence electrons. The summed E-state index contributed by atoms with van der Waals surface area (Å²) in [5, 5.41) is 0. The Hall–Kier alpha value is -1.61. The van der Waals surface area contributed by atoms with Crippen molar-refractivity contribution >= 4 is 5.97 Å². The van der Waals surface area contributed by atoms with Gasteiger partial charge in [0.1, 0.15) is 5.76 Å². The number of hydrogen-bond acceptors (Lipinski definition) is 3. The first kappa shape index (κ1) is 11.9. The van der Waals surface area contributed by atoms with Crippen LogP contribution in [0.2, 0.25) is 0 Å². The van der Waals surface area contributed by atoms with E-state index in [4.69, 9.17) is 9.47 Å². The molecule has 1 saturated heterocycles. The summed E-state index contributed by atoms with van der Waals surface area (Å²) < 4.78 is 10.6. The summed E-state index contributed by atoms with van der Waals surface area (Å²) in [7, 11) is 0. The minimum atomic E-state index is -0.353. The number of carbonyl (C=O) groups is 1. The van der Waals surface area contributed by atoms with Crippen molar-refractivity contribution in [1.82, 2.24) is 0 Å². The molecule has 0 N–H and O–H groups in total. The molecule has 0 aromatic heterocycles. The molecule has 3 nitrogen and oxygen atoms in total. The molecule has 0 radical (unpaired) electrons. The average Bonchev–Trinajstić information content (AvgIpc) is 2.82. The molecule has 1 fully saturated rings. The van der Waals surface area contributed by atoms with Gasteiger partial charge in [0.15, 0.2) is 0 Å². The highest BCUT2D eigenvalue weighted by atomic mass is 16.5. The third-order valence-electron chi connectivity index (χ3n) is 2.73. The van der Waals surface area contributed by atoms with E-state index in [1.165, 1.54) is 0 Å². The maximum atomic E-state index is 11.7. The minimum Gasteiger partial charge on any atom is -0.428 e. The van der Waals surface area contributed by atoms with Gasteiger partial charge in [-0.1, -0.05) is 24.8 Å². The lowest BCUT2D eigenvalue weighted by molar-refractivity contribution is 0.0554. The van der Waals surface area contributed by atoms with Gasteiger partial charge in [0.2, 0.25) is 0 Å². The fourth-order valence-electron chi connectivity index (χ4n) is 1.87. The lowest BCUT2D eigenvalue weighted by atomic mass is 10.1. The van der Waals surface area contributed by atoms with Crippen LogP contribution in [0.5, 0.6) is 0 Å².